The number of aromatic nitrogens is 1. The van der Waals surface area contributed by atoms with Gasteiger partial charge in [-0.25, -0.2) is 13.8 Å². The second-order valence-electron chi connectivity index (χ2n) is 6.12. The third-order valence-corrected chi connectivity index (χ3v) is 4.34. The summed E-state index contributed by atoms with van der Waals surface area (Å²) in [5, 5.41) is 9.73. The Kier molecular flexibility index (Phi) is 4.73. The molecule has 1 aromatic carbocycles. The number of aliphatic hydroxyl groups excluding tert-OH is 1. The number of rotatable bonds is 4. The molecule has 6 heteroatoms. The lowest BCUT2D eigenvalue weighted by Gasteiger charge is -2.33. The molecular weight excluding hydrogens is 302 g/mol. The summed E-state index contributed by atoms with van der Waals surface area (Å²) in [5.74, 6) is -1.17. The standard InChI is InChI=1S/C17H20F2N2O2/c1-11(22)12-4-3-7-21(8-12)9-13-10-23-17(20-13)16-14(18)5-2-6-15(16)19/h2,5-6,10-12,22H,3-4,7-9H2,1H3. The average molecular weight is 322 g/mol. The first-order valence-corrected chi connectivity index (χ1v) is 7.84. The first-order chi connectivity index (χ1) is 11.0. The Morgan fingerprint density at radius 2 is 2.13 bits per heavy atom. The van der Waals surface area contributed by atoms with Gasteiger partial charge >= 0.3 is 0 Å². The molecule has 0 saturated carbocycles. The van der Waals surface area contributed by atoms with Gasteiger partial charge in [-0.1, -0.05) is 6.07 Å². The smallest absolute Gasteiger partial charge is 0.232 e. The van der Waals surface area contributed by atoms with Gasteiger partial charge in [0.25, 0.3) is 0 Å². The largest absolute Gasteiger partial charge is 0.444 e. The molecule has 1 aromatic heterocycles. The molecule has 1 aliphatic rings. The second-order valence-corrected chi connectivity index (χ2v) is 6.12. The van der Waals surface area contributed by atoms with E-state index in [-0.39, 0.29) is 23.5 Å². The first kappa shape index (κ1) is 16.1. The minimum absolute atomic E-state index is 0.0420. The Labute approximate surface area is 133 Å². The van der Waals surface area contributed by atoms with Gasteiger partial charge < -0.3 is 9.52 Å². The van der Waals surface area contributed by atoms with E-state index in [0.717, 1.165) is 25.9 Å². The van der Waals surface area contributed by atoms with Crippen molar-refractivity contribution in [2.24, 2.45) is 5.92 Å². The minimum Gasteiger partial charge on any atom is -0.444 e. The van der Waals surface area contributed by atoms with Crippen LogP contribution in [0.3, 0.4) is 0 Å². The molecule has 0 aliphatic carbocycles. The van der Waals surface area contributed by atoms with Crippen molar-refractivity contribution in [2.75, 3.05) is 13.1 Å². The number of aliphatic hydroxyl groups is 1. The number of halogens is 2. The molecule has 4 nitrogen and oxygen atoms in total. The zero-order valence-electron chi connectivity index (χ0n) is 13.0. The molecule has 1 aliphatic heterocycles. The van der Waals surface area contributed by atoms with Gasteiger partial charge in [-0.2, -0.15) is 0 Å². The number of piperidine rings is 1. The molecule has 23 heavy (non-hydrogen) atoms. The van der Waals surface area contributed by atoms with Crippen molar-refractivity contribution in [2.45, 2.75) is 32.4 Å². The molecule has 1 N–H and O–H groups in total. The van der Waals surface area contributed by atoms with Crippen LogP contribution in [0.5, 0.6) is 0 Å². The molecule has 1 saturated heterocycles. The molecular formula is C17H20F2N2O2. The summed E-state index contributed by atoms with van der Waals surface area (Å²) >= 11 is 0. The van der Waals surface area contributed by atoms with Crippen LogP contribution in [0, 0.1) is 17.6 Å². The summed E-state index contributed by atoms with van der Waals surface area (Å²) in [5.41, 5.74) is 0.396. The minimum atomic E-state index is -0.689. The number of oxazole rings is 1. The van der Waals surface area contributed by atoms with E-state index >= 15 is 0 Å². The van der Waals surface area contributed by atoms with Crippen LogP contribution in [0.1, 0.15) is 25.5 Å². The fraction of sp³-hybridized carbons (Fsp3) is 0.471. The molecule has 2 unspecified atom stereocenters. The van der Waals surface area contributed by atoms with Crippen LogP contribution in [0.4, 0.5) is 8.78 Å². The Morgan fingerprint density at radius 3 is 2.83 bits per heavy atom. The quantitative estimate of drug-likeness (QED) is 0.939. The van der Waals surface area contributed by atoms with Gasteiger partial charge in [0.15, 0.2) is 0 Å². The fourth-order valence-electron chi connectivity index (χ4n) is 3.05. The summed E-state index contributed by atoms with van der Waals surface area (Å²) in [6, 6.07) is 3.67. The first-order valence-electron chi connectivity index (χ1n) is 7.84. The van der Waals surface area contributed by atoms with E-state index in [1.807, 2.05) is 6.92 Å². The van der Waals surface area contributed by atoms with Gasteiger partial charge in [-0.05, 0) is 44.4 Å². The van der Waals surface area contributed by atoms with Crippen LogP contribution in [0.15, 0.2) is 28.9 Å². The van der Waals surface area contributed by atoms with Crippen LogP contribution in [0.25, 0.3) is 11.5 Å². The Hall–Kier alpha value is -1.79. The van der Waals surface area contributed by atoms with Crippen LogP contribution in [-0.2, 0) is 6.54 Å². The molecule has 2 aromatic rings. The van der Waals surface area contributed by atoms with Crippen molar-refractivity contribution in [3.8, 4) is 11.5 Å². The van der Waals surface area contributed by atoms with Gasteiger partial charge in [0, 0.05) is 13.1 Å². The molecule has 2 atom stereocenters. The highest BCUT2D eigenvalue weighted by Crippen LogP contribution is 2.26. The van der Waals surface area contributed by atoms with E-state index in [9.17, 15) is 13.9 Å². The predicted octanol–water partition coefficient (Wildman–Crippen LogP) is 3.21. The molecule has 124 valence electrons. The summed E-state index contributed by atoms with van der Waals surface area (Å²) < 4.78 is 32.8. The van der Waals surface area contributed by atoms with Crippen molar-refractivity contribution in [1.82, 2.24) is 9.88 Å². The third-order valence-electron chi connectivity index (χ3n) is 4.34. The highest BCUT2D eigenvalue weighted by molar-refractivity contribution is 5.55. The van der Waals surface area contributed by atoms with E-state index in [2.05, 4.69) is 9.88 Å². The van der Waals surface area contributed by atoms with Crippen molar-refractivity contribution in [3.63, 3.8) is 0 Å². The number of likely N-dealkylation sites (tertiary alicyclic amines) is 1. The van der Waals surface area contributed by atoms with Crippen molar-refractivity contribution < 1.29 is 18.3 Å². The van der Waals surface area contributed by atoms with Crippen LogP contribution >= 0.6 is 0 Å². The number of hydrogen-bond acceptors (Lipinski definition) is 4. The summed E-state index contributed by atoms with van der Waals surface area (Å²) in [4.78, 5) is 6.40. The molecule has 2 heterocycles. The van der Waals surface area contributed by atoms with Crippen molar-refractivity contribution in [3.05, 3.63) is 41.8 Å². The maximum Gasteiger partial charge on any atom is 0.232 e. The van der Waals surface area contributed by atoms with Gasteiger partial charge in [0.1, 0.15) is 23.5 Å². The normalized spacial score (nSPS) is 20.6. The monoisotopic (exact) mass is 322 g/mol. The predicted molar refractivity (Wildman–Crippen MR) is 81.5 cm³/mol. The lowest BCUT2D eigenvalue weighted by atomic mass is 9.93. The summed E-state index contributed by atoms with van der Waals surface area (Å²) in [6.45, 7) is 4.06. The second kappa shape index (κ2) is 6.76. The van der Waals surface area contributed by atoms with E-state index in [0.29, 0.717) is 12.2 Å². The van der Waals surface area contributed by atoms with Crippen LogP contribution in [-0.4, -0.2) is 34.2 Å². The highest BCUT2D eigenvalue weighted by Gasteiger charge is 2.24. The fourth-order valence-corrected chi connectivity index (χ4v) is 3.05. The van der Waals surface area contributed by atoms with E-state index < -0.39 is 11.6 Å². The zero-order chi connectivity index (χ0) is 16.4. The molecule has 0 spiro atoms. The van der Waals surface area contributed by atoms with Gasteiger partial charge in [0.2, 0.25) is 5.89 Å². The summed E-state index contributed by atoms with van der Waals surface area (Å²) in [7, 11) is 0. The number of nitrogens with zero attached hydrogens (tertiary/aromatic N) is 2. The maximum absolute atomic E-state index is 13.8. The number of benzene rings is 1. The Morgan fingerprint density at radius 1 is 1.39 bits per heavy atom. The van der Waals surface area contributed by atoms with Gasteiger partial charge in [-0.3, -0.25) is 4.90 Å². The van der Waals surface area contributed by atoms with E-state index in [1.165, 1.54) is 24.5 Å². The topological polar surface area (TPSA) is 49.5 Å². The van der Waals surface area contributed by atoms with Crippen LogP contribution in [0.2, 0.25) is 0 Å². The zero-order valence-corrected chi connectivity index (χ0v) is 13.0. The molecule has 0 radical (unpaired) electrons. The van der Waals surface area contributed by atoms with Crippen molar-refractivity contribution >= 4 is 0 Å². The Balaban J connectivity index is 1.73. The molecule has 0 amide bonds. The maximum atomic E-state index is 13.8. The molecule has 0 bridgehead atoms. The highest BCUT2D eigenvalue weighted by atomic mass is 19.1. The molecule has 3 rings (SSSR count). The third kappa shape index (κ3) is 3.59. The SMILES string of the molecule is CC(O)C1CCCN(Cc2coc(-c3c(F)cccc3F)n2)C1. The summed E-state index contributed by atoms with van der Waals surface area (Å²) in [6.07, 6.45) is 3.13. The average Bonchev–Trinajstić information content (AvgIpc) is 2.95. The Bertz CT molecular complexity index is 652. The van der Waals surface area contributed by atoms with E-state index in [4.69, 9.17) is 4.42 Å². The lowest BCUT2D eigenvalue weighted by Crippen LogP contribution is -2.39. The van der Waals surface area contributed by atoms with Gasteiger partial charge in [-0.15, -0.1) is 0 Å². The van der Waals surface area contributed by atoms with E-state index in [1.54, 1.807) is 0 Å². The van der Waals surface area contributed by atoms with Gasteiger partial charge in [0.05, 0.1) is 11.8 Å². The van der Waals surface area contributed by atoms with Crippen LogP contribution < -0.4 is 0 Å². The van der Waals surface area contributed by atoms with Crippen molar-refractivity contribution in [1.29, 1.82) is 0 Å². The number of hydrogen-bond donors (Lipinski definition) is 1. The lowest BCUT2D eigenvalue weighted by molar-refractivity contribution is 0.0594. The molecule has 1 fully saturated rings.